The second kappa shape index (κ2) is 10.1. The number of nitrogens with zero attached hydrogens (tertiary/aromatic N) is 2. The molecule has 0 bridgehead atoms. The summed E-state index contributed by atoms with van der Waals surface area (Å²) in [6.45, 7) is 10.8. The molecule has 0 aromatic heterocycles. The minimum Gasteiger partial charge on any atom is -0.355 e. The number of unbranched alkanes of at least 4 members (excludes halogenated alkanes) is 2. The van der Waals surface area contributed by atoms with E-state index >= 15 is 0 Å². The Balaban J connectivity index is 2.30. The van der Waals surface area contributed by atoms with Gasteiger partial charge in [0, 0.05) is 39.3 Å². The third kappa shape index (κ3) is 6.20. The van der Waals surface area contributed by atoms with Crippen molar-refractivity contribution >= 4 is 5.91 Å². The molecule has 1 rings (SSSR count). The molecule has 1 amide bonds. The van der Waals surface area contributed by atoms with Gasteiger partial charge in [-0.3, -0.25) is 9.69 Å². The molecule has 0 radical (unpaired) electrons. The van der Waals surface area contributed by atoms with E-state index in [0.29, 0.717) is 6.54 Å². The standard InChI is InChI=1S/C15H32N4O/c1-3-4-5-8-17-15(20)14(2)19-10-6-9-18(11-7-16)12-13-19/h14H,3-13,16H2,1-2H3,(H,17,20). The number of nitrogens with two attached hydrogens (primary N) is 1. The average Bonchev–Trinajstić information content (AvgIpc) is 2.68. The molecule has 118 valence electrons. The Labute approximate surface area is 123 Å². The third-order valence-electron chi connectivity index (χ3n) is 4.08. The van der Waals surface area contributed by atoms with Gasteiger partial charge in [-0.05, 0) is 26.3 Å². The lowest BCUT2D eigenvalue weighted by Gasteiger charge is -2.27. The SMILES string of the molecule is CCCCCNC(=O)C(C)N1CCCN(CCN)CC1. The smallest absolute Gasteiger partial charge is 0.237 e. The Morgan fingerprint density at radius 3 is 2.75 bits per heavy atom. The van der Waals surface area contributed by atoms with E-state index in [1.54, 1.807) is 0 Å². The summed E-state index contributed by atoms with van der Waals surface area (Å²) < 4.78 is 0. The highest BCUT2D eigenvalue weighted by Crippen LogP contribution is 2.07. The van der Waals surface area contributed by atoms with Crippen molar-refractivity contribution in [3.05, 3.63) is 0 Å². The monoisotopic (exact) mass is 284 g/mol. The lowest BCUT2D eigenvalue weighted by molar-refractivity contribution is -0.125. The van der Waals surface area contributed by atoms with E-state index in [-0.39, 0.29) is 11.9 Å². The van der Waals surface area contributed by atoms with Crippen LogP contribution in [0.3, 0.4) is 0 Å². The lowest BCUT2D eigenvalue weighted by atomic mass is 10.2. The molecule has 0 aromatic rings. The largest absolute Gasteiger partial charge is 0.355 e. The first-order valence-corrected chi connectivity index (χ1v) is 8.13. The van der Waals surface area contributed by atoms with E-state index in [4.69, 9.17) is 5.73 Å². The van der Waals surface area contributed by atoms with Crippen molar-refractivity contribution in [3.63, 3.8) is 0 Å². The van der Waals surface area contributed by atoms with E-state index in [1.165, 1.54) is 12.8 Å². The van der Waals surface area contributed by atoms with Gasteiger partial charge in [-0.2, -0.15) is 0 Å². The first-order valence-electron chi connectivity index (χ1n) is 8.13. The van der Waals surface area contributed by atoms with Crippen LogP contribution in [0.5, 0.6) is 0 Å². The molecule has 5 heteroatoms. The van der Waals surface area contributed by atoms with Crippen LogP contribution in [0.4, 0.5) is 0 Å². The number of hydrogen-bond acceptors (Lipinski definition) is 4. The summed E-state index contributed by atoms with van der Waals surface area (Å²) >= 11 is 0. The van der Waals surface area contributed by atoms with Crippen LogP contribution in [0.25, 0.3) is 0 Å². The van der Waals surface area contributed by atoms with Gasteiger partial charge in [-0.25, -0.2) is 0 Å². The number of nitrogens with one attached hydrogen (secondary N) is 1. The van der Waals surface area contributed by atoms with Crippen molar-refractivity contribution in [3.8, 4) is 0 Å². The quantitative estimate of drug-likeness (QED) is 0.643. The Kier molecular flexibility index (Phi) is 8.82. The van der Waals surface area contributed by atoms with Gasteiger partial charge in [0.2, 0.25) is 5.91 Å². The molecule has 1 saturated heterocycles. The maximum atomic E-state index is 12.1. The summed E-state index contributed by atoms with van der Waals surface area (Å²) in [6.07, 6.45) is 4.58. The molecule has 1 heterocycles. The van der Waals surface area contributed by atoms with Crippen LogP contribution in [-0.2, 0) is 4.79 Å². The summed E-state index contributed by atoms with van der Waals surface area (Å²) in [5.41, 5.74) is 5.61. The number of carbonyl (C=O) groups is 1. The first kappa shape index (κ1) is 17.4. The normalized spacial score (nSPS) is 19.6. The molecule has 1 atom stereocenters. The van der Waals surface area contributed by atoms with Crippen molar-refractivity contribution in [2.75, 3.05) is 45.8 Å². The van der Waals surface area contributed by atoms with E-state index in [2.05, 4.69) is 22.0 Å². The predicted molar refractivity (Wildman–Crippen MR) is 83.7 cm³/mol. The Bertz CT molecular complexity index is 273. The molecule has 1 fully saturated rings. The average molecular weight is 284 g/mol. The molecular weight excluding hydrogens is 252 g/mol. The Hall–Kier alpha value is -0.650. The van der Waals surface area contributed by atoms with Crippen LogP contribution >= 0.6 is 0 Å². The van der Waals surface area contributed by atoms with E-state index in [0.717, 1.165) is 52.1 Å². The highest BCUT2D eigenvalue weighted by atomic mass is 16.2. The molecule has 0 aromatic carbocycles. The maximum absolute atomic E-state index is 12.1. The topological polar surface area (TPSA) is 61.6 Å². The maximum Gasteiger partial charge on any atom is 0.237 e. The van der Waals surface area contributed by atoms with Crippen LogP contribution < -0.4 is 11.1 Å². The summed E-state index contributed by atoms with van der Waals surface area (Å²) in [5.74, 6) is 0.174. The van der Waals surface area contributed by atoms with Crippen molar-refractivity contribution in [2.24, 2.45) is 5.73 Å². The van der Waals surface area contributed by atoms with Gasteiger partial charge < -0.3 is 16.0 Å². The number of rotatable bonds is 8. The fraction of sp³-hybridized carbons (Fsp3) is 0.933. The minimum atomic E-state index is -0.0190. The van der Waals surface area contributed by atoms with Gasteiger partial charge in [0.15, 0.2) is 0 Å². The molecule has 0 aliphatic carbocycles. The zero-order valence-electron chi connectivity index (χ0n) is 13.2. The molecule has 20 heavy (non-hydrogen) atoms. The lowest BCUT2D eigenvalue weighted by Crippen LogP contribution is -2.46. The summed E-state index contributed by atoms with van der Waals surface area (Å²) in [7, 11) is 0. The number of amides is 1. The van der Waals surface area contributed by atoms with Crippen molar-refractivity contribution < 1.29 is 4.79 Å². The summed E-state index contributed by atoms with van der Waals surface area (Å²) in [5, 5.41) is 3.06. The second-order valence-corrected chi connectivity index (χ2v) is 5.69. The molecule has 0 saturated carbocycles. The molecule has 5 nitrogen and oxygen atoms in total. The van der Waals surface area contributed by atoms with E-state index in [1.807, 2.05) is 6.92 Å². The highest BCUT2D eigenvalue weighted by molar-refractivity contribution is 5.81. The minimum absolute atomic E-state index is 0.0190. The van der Waals surface area contributed by atoms with Gasteiger partial charge in [0.25, 0.3) is 0 Å². The van der Waals surface area contributed by atoms with Gasteiger partial charge in [-0.1, -0.05) is 19.8 Å². The first-order chi connectivity index (χ1) is 9.69. The van der Waals surface area contributed by atoms with Crippen LogP contribution in [0.15, 0.2) is 0 Å². The molecule has 1 unspecified atom stereocenters. The highest BCUT2D eigenvalue weighted by Gasteiger charge is 2.23. The Morgan fingerprint density at radius 2 is 2.05 bits per heavy atom. The van der Waals surface area contributed by atoms with E-state index in [9.17, 15) is 4.79 Å². The van der Waals surface area contributed by atoms with Crippen LogP contribution in [0.2, 0.25) is 0 Å². The van der Waals surface area contributed by atoms with Crippen molar-refractivity contribution in [1.82, 2.24) is 15.1 Å². The van der Waals surface area contributed by atoms with Gasteiger partial charge >= 0.3 is 0 Å². The van der Waals surface area contributed by atoms with Gasteiger partial charge in [0.1, 0.15) is 0 Å². The van der Waals surface area contributed by atoms with Crippen LogP contribution in [0.1, 0.15) is 39.5 Å². The summed E-state index contributed by atoms with van der Waals surface area (Å²) in [6, 6.07) is -0.0190. The molecular formula is C15H32N4O. The Morgan fingerprint density at radius 1 is 1.25 bits per heavy atom. The predicted octanol–water partition coefficient (Wildman–Crippen LogP) is 0.648. The number of carbonyl (C=O) groups excluding carboxylic acids is 1. The van der Waals surface area contributed by atoms with Gasteiger partial charge in [0.05, 0.1) is 6.04 Å². The zero-order chi connectivity index (χ0) is 14.8. The fourth-order valence-electron chi connectivity index (χ4n) is 2.68. The summed E-state index contributed by atoms with van der Waals surface area (Å²) in [4.78, 5) is 16.8. The molecule has 3 N–H and O–H groups in total. The van der Waals surface area contributed by atoms with Crippen molar-refractivity contribution in [2.45, 2.75) is 45.6 Å². The number of hydrogen-bond donors (Lipinski definition) is 2. The molecule has 1 aliphatic rings. The van der Waals surface area contributed by atoms with Crippen molar-refractivity contribution in [1.29, 1.82) is 0 Å². The fourth-order valence-corrected chi connectivity index (χ4v) is 2.68. The second-order valence-electron chi connectivity index (χ2n) is 5.69. The third-order valence-corrected chi connectivity index (χ3v) is 4.08. The molecule has 1 aliphatic heterocycles. The zero-order valence-corrected chi connectivity index (χ0v) is 13.2. The van der Waals surface area contributed by atoms with E-state index < -0.39 is 0 Å². The van der Waals surface area contributed by atoms with Crippen LogP contribution in [0, 0.1) is 0 Å². The van der Waals surface area contributed by atoms with Gasteiger partial charge in [-0.15, -0.1) is 0 Å². The van der Waals surface area contributed by atoms with Crippen LogP contribution in [-0.4, -0.2) is 67.6 Å². The molecule has 0 spiro atoms.